The lowest BCUT2D eigenvalue weighted by molar-refractivity contribution is -0.141. The molecule has 186 valence electrons. The van der Waals surface area contributed by atoms with Gasteiger partial charge in [-0.2, -0.15) is 5.10 Å². The zero-order valence-electron chi connectivity index (χ0n) is 20.0. The quantitative estimate of drug-likeness (QED) is 0.246. The predicted octanol–water partition coefficient (Wildman–Crippen LogP) is 7.28. The molecule has 1 aliphatic rings. The topological polar surface area (TPSA) is 82.9 Å². The molecule has 1 aliphatic heterocycles. The van der Waals surface area contributed by atoms with E-state index in [1.54, 1.807) is 0 Å². The van der Waals surface area contributed by atoms with Crippen LogP contribution >= 0.6 is 31.9 Å². The molecule has 5 rings (SSSR count). The molecule has 0 unspecified atom stereocenters. The first-order valence-corrected chi connectivity index (χ1v) is 13.4. The summed E-state index contributed by atoms with van der Waals surface area (Å²) < 4.78 is 1.88. The van der Waals surface area contributed by atoms with Crippen LogP contribution in [-0.2, 0) is 9.59 Å². The number of hydrogen-bond acceptors (Lipinski definition) is 4. The van der Waals surface area contributed by atoms with Crippen molar-refractivity contribution < 1.29 is 14.7 Å². The van der Waals surface area contributed by atoms with Crippen molar-refractivity contribution in [3.8, 4) is 11.1 Å². The smallest absolute Gasteiger partial charge is 0.303 e. The first-order valence-electron chi connectivity index (χ1n) is 11.8. The maximum atomic E-state index is 13.2. The molecule has 3 aromatic carbocycles. The Kier molecular flexibility index (Phi) is 7.22. The Hall–Kier alpha value is -3.36. The summed E-state index contributed by atoms with van der Waals surface area (Å²) in [5, 5.41) is 16.4. The molecule has 1 aromatic heterocycles. The summed E-state index contributed by atoms with van der Waals surface area (Å²) in [7, 11) is 0. The highest BCUT2D eigenvalue weighted by atomic mass is 79.9. The second-order valence-corrected chi connectivity index (χ2v) is 10.8. The molecular weight excluding hydrogens is 598 g/mol. The van der Waals surface area contributed by atoms with Crippen molar-refractivity contribution in [2.45, 2.75) is 32.2 Å². The highest BCUT2D eigenvalue weighted by molar-refractivity contribution is 9.10. The number of amides is 1. The van der Waals surface area contributed by atoms with Gasteiger partial charge in [0.05, 0.1) is 23.7 Å². The number of hydrogen-bond donors (Lipinski definition) is 1. The number of pyridine rings is 1. The van der Waals surface area contributed by atoms with Crippen molar-refractivity contribution in [1.29, 1.82) is 0 Å². The standard InChI is InChI=1S/C29H23Br2N3O3/c1-17-28(29(19-5-3-2-4-6-19)22-15-21(31)11-12-23(22)32-17)24-16-25(18-7-9-20(30)10-8-18)34(33-24)26(35)13-14-27(36)37/h2-12,15,25H,13-14,16H2,1H3,(H,36,37)/t25-/m0/s1. The van der Waals surface area contributed by atoms with Gasteiger partial charge in [0.25, 0.3) is 0 Å². The van der Waals surface area contributed by atoms with E-state index >= 15 is 0 Å². The van der Waals surface area contributed by atoms with Crippen molar-refractivity contribution in [3.05, 3.63) is 98.6 Å². The van der Waals surface area contributed by atoms with E-state index in [0.717, 1.165) is 53.5 Å². The first kappa shape index (κ1) is 25.3. The number of rotatable bonds is 6. The van der Waals surface area contributed by atoms with Gasteiger partial charge in [-0.3, -0.25) is 14.6 Å². The molecule has 1 N–H and O–H groups in total. The summed E-state index contributed by atoms with van der Waals surface area (Å²) in [5.41, 5.74) is 6.32. The molecule has 0 spiro atoms. The van der Waals surface area contributed by atoms with Gasteiger partial charge < -0.3 is 5.11 Å². The van der Waals surface area contributed by atoms with Crippen molar-refractivity contribution in [3.63, 3.8) is 0 Å². The maximum absolute atomic E-state index is 13.2. The summed E-state index contributed by atoms with van der Waals surface area (Å²) in [5.74, 6) is -1.33. The van der Waals surface area contributed by atoms with E-state index in [-0.39, 0.29) is 24.8 Å². The number of carbonyl (C=O) groups is 2. The molecular formula is C29H23Br2N3O3. The van der Waals surface area contributed by atoms with E-state index in [1.807, 2.05) is 61.5 Å². The molecule has 0 radical (unpaired) electrons. The molecule has 4 aromatic rings. The molecule has 8 heteroatoms. The molecule has 0 fully saturated rings. The number of fused-ring (bicyclic) bond motifs is 1. The number of aromatic nitrogens is 1. The van der Waals surface area contributed by atoms with Gasteiger partial charge in [0, 0.05) is 44.0 Å². The lowest BCUT2D eigenvalue weighted by atomic mass is 9.89. The van der Waals surface area contributed by atoms with Crippen molar-refractivity contribution in [2.24, 2.45) is 5.10 Å². The van der Waals surface area contributed by atoms with Crippen LogP contribution in [0.1, 0.15) is 42.1 Å². The summed E-state index contributed by atoms with van der Waals surface area (Å²) in [6.45, 7) is 1.97. The SMILES string of the molecule is Cc1nc2ccc(Br)cc2c(-c2ccccc2)c1C1=NN(C(=O)CCC(=O)O)[C@H](c2ccc(Br)cc2)C1. The molecule has 2 heterocycles. The number of halogens is 2. The van der Waals surface area contributed by atoms with E-state index in [2.05, 4.69) is 50.1 Å². The zero-order chi connectivity index (χ0) is 26.1. The van der Waals surface area contributed by atoms with E-state index < -0.39 is 5.97 Å². The fourth-order valence-corrected chi connectivity index (χ4v) is 5.41. The molecule has 0 saturated heterocycles. The second kappa shape index (κ2) is 10.6. The molecule has 0 saturated carbocycles. The average molecular weight is 621 g/mol. The molecule has 1 amide bonds. The lowest BCUT2D eigenvalue weighted by Crippen LogP contribution is -2.27. The first-order chi connectivity index (χ1) is 17.8. The Bertz CT molecular complexity index is 1540. The summed E-state index contributed by atoms with van der Waals surface area (Å²) >= 11 is 7.08. The van der Waals surface area contributed by atoms with Gasteiger partial charge in [-0.1, -0.05) is 74.3 Å². The van der Waals surface area contributed by atoms with E-state index in [0.29, 0.717) is 6.42 Å². The predicted molar refractivity (Wildman–Crippen MR) is 151 cm³/mol. The van der Waals surface area contributed by atoms with Gasteiger partial charge in [-0.25, -0.2) is 5.01 Å². The average Bonchev–Trinajstić information content (AvgIpc) is 3.32. The highest BCUT2D eigenvalue weighted by Crippen LogP contribution is 2.40. The Balaban J connectivity index is 1.69. The zero-order valence-corrected chi connectivity index (χ0v) is 23.2. The largest absolute Gasteiger partial charge is 0.481 e. The van der Waals surface area contributed by atoms with E-state index in [9.17, 15) is 9.59 Å². The van der Waals surface area contributed by atoms with Gasteiger partial charge in [0.1, 0.15) is 0 Å². The Morgan fingerprint density at radius 2 is 1.65 bits per heavy atom. The number of aliphatic carboxylic acids is 1. The molecule has 37 heavy (non-hydrogen) atoms. The van der Waals surface area contributed by atoms with Crippen LogP contribution in [0.25, 0.3) is 22.0 Å². The highest BCUT2D eigenvalue weighted by Gasteiger charge is 2.35. The third-order valence-corrected chi connectivity index (χ3v) is 7.47. The summed E-state index contributed by atoms with van der Waals surface area (Å²) in [6.07, 6.45) is 0.127. The van der Waals surface area contributed by atoms with Crippen molar-refractivity contribution in [1.82, 2.24) is 9.99 Å². The minimum absolute atomic E-state index is 0.118. The fourth-order valence-electron chi connectivity index (χ4n) is 4.78. The van der Waals surface area contributed by atoms with E-state index in [4.69, 9.17) is 15.2 Å². The normalized spacial score (nSPS) is 15.2. The molecule has 1 atom stereocenters. The fraction of sp³-hybridized carbons (Fsp3) is 0.172. The maximum Gasteiger partial charge on any atom is 0.303 e. The monoisotopic (exact) mass is 619 g/mol. The minimum atomic E-state index is -1.01. The van der Waals surface area contributed by atoms with Gasteiger partial charge in [0.15, 0.2) is 0 Å². The van der Waals surface area contributed by atoms with Crippen LogP contribution in [0, 0.1) is 6.92 Å². The number of benzene rings is 3. The number of hydrazone groups is 1. The van der Waals surface area contributed by atoms with Crippen molar-refractivity contribution >= 4 is 60.4 Å². The number of nitrogens with zero attached hydrogens (tertiary/aromatic N) is 3. The van der Waals surface area contributed by atoms with Crippen LogP contribution < -0.4 is 0 Å². The number of carbonyl (C=O) groups excluding carboxylic acids is 1. The van der Waals surface area contributed by atoms with Crippen molar-refractivity contribution in [2.75, 3.05) is 0 Å². The Morgan fingerprint density at radius 3 is 2.35 bits per heavy atom. The minimum Gasteiger partial charge on any atom is -0.481 e. The molecule has 0 aliphatic carbocycles. The third kappa shape index (κ3) is 5.22. The lowest BCUT2D eigenvalue weighted by Gasteiger charge is -2.22. The molecule has 0 bridgehead atoms. The van der Waals surface area contributed by atoms with Crippen LogP contribution in [0.4, 0.5) is 0 Å². The Morgan fingerprint density at radius 1 is 0.946 bits per heavy atom. The third-order valence-electron chi connectivity index (χ3n) is 6.45. The van der Waals surface area contributed by atoms with Gasteiger partial charge >= 0.3 is 5.97 Å². The van der Waals surface area contributed by atoms with E-state index in [1.165, 1.54) is 5.01 Å². The number of carboxylic acids is 1. The van der Waals surface area contributed by atoms with Crippen LogP contribution in [0.15, 0.2) is 86.8 Å². The summed E-state index contributed by atoms with van der Waals surface area (Å²) in [6, 6.07) is 23.6. The number of aryl methyl sites for hydroxylation is 1. The summed E-state index contributed by atoms with van der Waals surface area (Å²) in [4.78, 5) is 29.3. The van der Waals surface area contributed by atoms with Gasteiger partial charge in [-0.15, -0.1) is 0 Å². The van der Waals surface area contributed by atoms with Crippen LogP contribution in [-0.4, -0.2) is 32.7 Å². The van der Waals surface area contributed by atoms with Crippen LogP contribution in [0.5, 0.6) is 0 Å². The van der Waals surface area contributed by atoms with Gasteiger partial charge in [0.2, 0.25) is 5.91 Å². The van der Waals surface area contributed by atoms with Crippen LogP contribution in [0.2, 0.25) is 0 Å². The number of carboxylic acid groups (broad SMARTS) is 1. The Labute approximate surface area is 231 Å². The van der Waals surface area contributed by atoms with Gasteiger partial charge in [-0.05, 0) is 48.4 Å². The van der Waals surface area contributed by atoms with Crippen LogP contribution in [0.3, 0.4) is 0 Å². The molecule has 6 nitrogen and oxygen atoms in total. The second-order valence-electron chi connectivity index (χ2n) is 8.92.